The van der Waals surface area contributed by atoms with E-state index < -0.39 is 34.3 Å². The number of carbonyl (C=O) groups excluding carboxylic acids is 2. The van der Waals surface area contributed by atoms with Gasteiger partial charge in [-0.1, -0.05) is 91.5 Å². The zero-order valence-corrected chi connectivity index (χ0v) is 27.9. The summed E-state index contributed by atoms with van der Waals surface area (Å²) in [5.74, 6) is -1.31. The Morgan fingerprint density at radius 2 is 1.49 bits per heavy atom. The minimum Gasteiger partial charge on any atom is -0.352 e. The summed E-state index contributed by atoms with van der Waals surface area (Å²) in [6, 6.07) is 26.9. The average molecular weight is 676 g/mol. The van der Waals surface area contributed by atoms with Crippen LogP contribution in [0.15, 0.2) is 108 Å². The summed E-state index contributed by atoms with van der Waals surface area (Å²) in [4.78, 5) is 30.2. The molecule has 0 saturated heterocycles. The molecule has 0 bridgehead atoms. The molecule has 0 spiro atoms. The Balaban J connectivity index is 1.56. The van der Waals surface area contributed by atoms with E-state index in [1.54, 1.807) is 43.3 Å². The molecular formula is C37H39ClFN3O4S. The predicted octanol–water partition coefficient (Wildman–Crippen LogP) is 7.07. The number of nitrogens with one attached hydrogen (secondary N) is 1. The zero-order valence-electron chi connectivity index (χ0n) is 26.3. The van der Waals surface area contributed by atoms with Crippen molar-refractivity contribution in [2.75, 3.05) is 10.8 Å². The van der Waals surface area contributed by atoms with Crippen molar-refractivity contribution < 1.29 is 22.4 Å². The van der Waals surface area contributed by atoms with Crippen LogP contribution >= 0.6 is 11.6 Å². The summed E-state index contributed by atoms with van der Waals surface area (Å²) >= 11 is 6.07. The van der Waals surface area contributed by atoms with Crippen LogP contribution in [-0.2, 0) is 32.6 Å². The van der Waals surface area contributed by atoms with E-state index in [0.717, 1.165) is 42.0 Å². The molecule has 47 heavy (non-hydrogen) atoms. The first-order chi connectivity index (χ1) is 22.6. The van der Waals surface area contributed by atoms with Crippen molar-refractivity contribution >= 4 is 39.1 Å². The van der Waals surface area contributed by atoms with Crippen LogP contribution < -0.4 is 9.62 Å². The highest BCUT2D eigenvalue weighted by Crippen LogP contribution is 2.28. The number of aryl methyl sites for hydroxylation is 1. The van der Waals surface area contributed by atoms with Crippen molar-refractivity contribution in [2.24, 2.45) is 0 Å². The largest absolute Gasteiger partial charge is 0.352 e. The molecular weight excluding hydrogens is 637 g/mol. The number of carbonyl (C=O) groups is 2. The number of halogens is 2. The summed E-state index contributed by atoms with van der Waals surface area (Å²) in [5, 5.41) is 3.56. The molecule has 4 aromatic carbocycles. The van der Waals surface area contributed by atoms with Crippen LogP contribution in [0.3, 0.4) is 0 Å². The first kappa shape index (κ1) is 34.1. The molecule has 1 aliphatic rings. The van der Waals surface area contributed by atoms with E-state index in [0.29, 0.717) is 21.8 Å². The normalized spacial score (nSPS) is 14.3. The SMILES string of the molecule is Cc1ccccc1N(CC(=O)N(Cc1ccc(F)cc1)[C@H](Cc1ccccc1)C(=O)NC1CCCCC1)S(=O)(=O)c1ccc(Cl)cc1. The lowest BCUT2D eigenvalue weighted by atomic mass is 9.94. The monoisotopic (exact) mass is 675 g/mol. The van der Waals surface area contributed by atoms with Crippen molar-refractivity contribution in [3.8, 4) is 0 Å². The predicted molar refractivity (Wildman–Crippen MR) is 183 cm³/mol. The number of anilines is 1. The molecule has 10 heteroatoms. The lowest BCUT2D eigenvalue weighted by molar-refractivity contribution is -0.140. The molecule has 0 heterocycles. The number of benzene rings is 4. The molecule has 1 saturated carbocycles. The molecule has 5 rings (SSSR count). The van der Waals surface area contributed by atoms with Gasteiger partial charge < -0.3 is 10.2 Å². The Bertz CT molecular complexity index is 1760. The fraction of sp³-hybridized carbons (Fsp3) is 0.297. The van der Waals surface area contributed by atoms with Crippen molar-refractivity contribution in [1.29, 1.82) is 0 Å². The third-order valence-electron chi connectivity index (χ3n) is 8.55. The van der Waals surface area contributed by atoms with Crippen LogP contribution in [0, 0.1) is 12.7 Å². The van der Waals surface area contributed by atoms with Gasteiger partial charge in [0.2, 0.25) is 11.8 Å². The van der Waals surface area contributed by atoms with E-state index in [2.05, 4.69) is 5.32 Å². The molecule has 1 atom stereocenters. The Morgan fingerprint density at radius 1 is 0.851 bits per heavy atom. The van der Waals surface area contributed by atoms with Crippen molar-refractivity contribution in [3.63, 3.8) is 0 Å². The Labute approximate surface area is 281 Å². The van der Waals surface area contributed by atoms with Crippen LogP contribution in [0.1, 0.15) is 48.8 Å². The number of hydrogen-bond acceptors (Lipinski definition) is 4. The standard InChI is InChI=1S/C37H39ClFN3O4S/c1-27-10-8-9-15-34(27)42(47(45,46)33-22-18-30(38)19-23-33)26-36(43)41(25-29-16-20-31(39)21-17-29)35(24-28-11-4-2-5-12-28)37(44)40-32-13-6-3-7-14-32/h2,4-5,8-12,15-23,32,35H,3,6-7,13-14,24-26H2,1H3,(H,40,44)/t35-/m1/s1. The van der Waals surface area contributed by atoms with Gasteiger partial charge in [0.1, 0.15) is 18.4 Å². The van der Waals surface area contributed by atoms with Crippen LogP contribution in [0.5, 0.6) is 0 Å². The molecule has 0 radical (unpaired) electrons. The zero-order chi connectivity index (χ0) is 33.4. The second-order valence-corrected chi connectivity index (χ2v) is 14.2. The molecule has 0 aliphatic heterocycles. The van der Waals surface area contributed by atoms with Crippen LogP contribution in [0.25, 0.3) is 0 Å². The van der Waals surface area contributed by atoms with Crippen molar-refractivity contribution in [1.82, 2.24) is 10.2 Å². The van der Waals surface area contributed by atoms with Gasteiger partial charge in [0.25, 0.3) is 10.0 Å². The van der Waals surface area contributed by atoms with E-state index in [1.165, 1.54) is 41.3 Å². The van der Waals surface area contributed by atoms with Crippen LogP contribution in [0.4, 0.5) is 10.1 Å². The summed E-state index contributed by atoms with van der Waals surface area (Å²) in [6.45, 7) is 1.17. The van der Waals surface area contributed by atoms with Gasteiger partial charge in [0.05, 0.1) is 10.6 Å². The fourth-order valence-corrected chi connectivity index (χ4v) is 7.58. The smallest absolute Gasteiger partial charge is 0.264 e. The number of para-hydroxylation sites is 1. The molecule has 0 unspecified atom stereocenters. The summed E-state index contributed by atoms with van der Waals surface area (Å²) < 4.78 is 43.4. The van der Waals surface area contributed by atoms with Gasteiger partial charge in [-0.2, -0.15) is 0 Å². The minimum absolute atomic E-state index is 0.00829. The van der Waals surface area contributed by atoms with Gasteiger partial charge in [-0.05, 0) is 78.9 Å². The lowest BCUT2D eigenvalue weighted by Crippen LogP contribution is -2.55. The van der Waals surface area contributed by atoms with E-state index >= 15 is 0 Å². The molecule has 4 aromatic rings. The molecule has 1 aliphatic carbocycles. The molecule has 1 N–H and O–H groups in total. The number of hydrogen-bond donors (Lipinski definition) is 1. The highest BCUT2D eigenvalue weighted by Gasteiger charge is 2.35. The summed E-state index contributed by atoms with van der Waals surface area (Å²) in [6.07, 6.45) is 5.07. The maximum atomic E-state index is 14.6. The second-order valence-electron chi connectivity index (χ2n) is 11.9. The quantitative estimate of drug-likeness (QED) is 0.174. The maximum absolute atomic E-state index is 14.6. The number of nitrogens with zero attached hydrogens (tertiary/aromatic N) is 2. The molecule has 2 amide bonds. The first-order valence-corrected chi connectivity index (χ1v) is 17.7. The Morgan fingerprint density at radius 3 is 2.15 bits per heavy atom. The first-order valence-electron chi connectivity index (χ1n) is 15.8. The molecule has 0 aromatic heterocycles. The summed E-state index contributed by atoms with van der Waals surface area (Å²) in [5.41, 5.74) is 2.44. The Hall–Kier alpha value is -4.21. The van der Waals surface area contributed by atoms with E-state index in [-0.39, 0.29) is 29.8 Å². The van der Waals surface area contributed by atoms with Gasteiger partial charge in [0.15, 0.2) is 0 Å². The van der Waals surface area contributed by atoms with Gasteiger partial charge in [-0.25, -0.2) is 12.8 Å². The van der Waals surface area contributed by atoms with Gasteiger partial charge in [-0.3, -0.25) is 13.9 Å². The second kappa shape index (κ2) is 15.6. The molecule has 7 nitrogen and oxygen atoms in total. The maximum Gasteiger partial charge on any atom is 0.264 e. The number of sulfonamides is 1. The fourth-order valence-electron chi connectivity index (χ4n) is 5.98. The average Bonchev–Trinajstić information content (AvgIpc) is 3.07. The topological polar surface area (TPSA) is 86.8 Å². The van der Waals surface area contributed by atoms with Crippen LogP contribution in [-0.4, -0.2) is 43.8 Å². The van der Waals surface area contributed by atoms with E-state index in [4.69, 9.17) is 11.6 Å². The lowest BCUT2D eigenvalue weighted by Gasteiger charge is -2.35. The van der Waals surface area contributed by atoms with Gasteiger partial charge >= 0.3 is 0 Å². The van der Waals surface area contributed by atoms with Gasteiger partial charge in [0, 0.05) is 24.0 Å². The minimum atomic E-state index is -4.25. The summed E-state index contributed by atoms with van der Waals surface area (Å²) in [7, 11) is -4.25. The van der Waals surface area contributed by atoms with Gasteiger partial charge in [-0.15, -0.1) is 0 Å². The number of amides is 2. The Kier molecular flexibility index (Phi) is 11.3. The van der Waals surface area contributed by atoms with Crippen molar-refractivity contribution in [3.05, 3.63) is 131 Å². The highest BCUT2D eigenvalue weighted by atomic mass is 35.5. The van der Waals surface area contributed by atoms with E-state index in [1.807, 2.05) is 30.3 Å². The third kappa shape index (κ3) is 8.78. The molecule has 246 valence electrons. The van der Waals surface area contributed by atoms with E-state index in [9.17, 15) is 22.4 Å². The number of rotatable bonds is 12. The third-order valence-corrected chi connectivity index (χ3v) is 10.6. The van der Waals surface area contributed by atoms with Crippen LogP contribution in [0.2, 0.25) is 5.02 Å². The van der Waals surface area contributed by atoms with Crippen molar-refractivity contribution in [2.45, 2.75) is 69.0 Å². The molecule has 1 fully saturated rings. The highest BCUT2D eigenvalue weighted by molar-refractivity contribution is 7.92.